The molecule has 4 rings (SSSR count). The Bertz CT molecular complexity index is 657. The van der Waals surface area contributed by atoms with Crippen molar-refractivity contribution in [2.24, 2.45) is 12.5 Å². The van der Waals surface area contributed by atoms with Crippen molar-refractivity contribution < 1.29 is 9.21 Å². The summed E-state index contributed by atoms with van der Waals surface area (Å²) < 4.78 is 7.01. The summed E-state index contributed by atoms with van der Waals surface area (Å²) >= 11 is 0. The number of furan rings is 1. The highest BCUT2D eigenvalue weighted by Crippen LogP contribution is 2.55. The molecule has 1 aliphatic heterocycles. The average molecular weight is 286 g/mol. The Kier molecular flexibility index (Phi) is 2.67. The van der Waals surface area contributed by atoms with E-state index in [1.54, 1.807) is 18.7 Å². The van der Waals surface area contributed by atoms with Gasteiger partial charge in [-0.2, -0.15) is 0 Å². The first-order valence-corrected chi connectivity index (χ1v) is 7.35. The first-order valence-electron chi connectivity index (χ1n) is 7.35. The van der Waals surface area contributed by atoms with Gasteiger partial charge < -0.3 is 13.9 Å². The molecule has 21 heavy (non-hydrogen) atoms. The number of hydrogen-bond acceptors (Lipinski definition) is 4. The van der Waals surface area contributed by atoms with Crippen LogP contribution >= 0.6 is 0 Å². The van der Waals surface area contributed by atoms with Gasteiger partial charge in [0.25, 0.3) is 5.91 Å². The number of carbonyl (C=O) groups excluding carboxylic acids is 1. The standard InChI is InChI=1S/C15H18N4O2/c1-18-10-16-17-13(18)12-7-19(9-15(12)4-2-5-15)14(20)11-3-6-21-8-11/h3,6,8,10,12H,2,4-5,7,9H2,1H3. The van der Waals surface area contributed by atoms with E-state index in [2.05, 4.69) is 10.2 Å². The van der Waals surface area contributed by atoms with Crippen LogP contribution in [0.4, 0.5) is 0 Å². The van der Waals surface area contributed by atoms with Crippen molar-refractivity contribution in [3.05, 3.63) is 36.3 Å². The van der Waals surface area contributed by atoms with Crippen molar-refractivity contribution in [1.29, 1.82) is 0 Å². The second-order valence-corrected chi connectivity index (χ2v) is 6.27. The van der Waals surface area contributed by atoms with Gasteiger partial charge in [-0.3, -0.25) is 4.79 Å². The summed E-state index contributed by atoms with van der Waals surface area (Å²) in [7, 11) is 1.97. The number of likely N-dealkylation sites (tertiary alicyclic amines) is 1. The molecule has 1 unspecified atom stereocenters. The molecule has 1 saturated carbocycles. The van der Waals surface area contributed by atoms with E-state index in [1.807, 2.05) is 16.5 Å². The minimum atomic E-state index is 0.0553. The van der Waals surface area contributed by atoms with Crippen LogP contribution in [0.2, 0.25) is 0 Å². The predicted octanol–water partition coefficient (Wildman–Crippen LogP) is 1.82. The molecule has 1 saturated heterocycles. The van der Waals surface area contributed by atoms with Crippen molar-refractivity contribution in [2.45, 2.75) is 25.2 Å². The minimum absolute atomic E-state index is 0.0553. The fourth-order valence-electron chi connectivity index (χ4n) is 3.79. The molecular formula is C15H18N4O2. The number of rotatable bonds is 2. The van der Waals surface area contributed by atoms with Crippen molar-refractivity contribution in [2.75, 3.05) is 13.1 Å². The number of aryl methyl sites for hydroxylation is 1. The lowest BCUT2D eigenvalue weighted by atomic mass is 9.62. The highest BCUT2D eigenvalue weighted by Gasteiger charge is 2.53. The summed E-state index contributed by atoms with van der Waals surface area (Å²) in [5, 5.41) is 8.29. The van der Waals surface area contributed by atoms with Gasteiger partial charge in [-0.1, -0.05) is 6.42 Å². The number of nitrogens with zero attached hydrogens (tertiary/aromatic N) is 4. The Morgan fingerprint density at radius 2 is 2.33 bits per heavy atom. The molecule has 6 nitrogen and oxygen atoms in total. The Balaban J connectivity index is 1.63. The highest BCUT2D eigenvalue weighted by atomic mass is 16.3. The molecule has 3 heterocycles. The molecule has 6 heteroatoms. The van der Waals surface area contributed by atoms with Gasteiger partial charge in [0.2, 0.25) is 0 Å². The summed E-state index contributed by atoms with van der Waals surface area (Å²) in [6.45, 7) is 1.53. The van der Waals surface area contributed by atoms with Gasteiger partial charge in [0, 0.05) is 26.1 Å². The van der Waals surface area contributed by atoms with E-state index >= 15 is 0 Å². The zero-order valence-electron chi connectivity index (χ0n) is 12.0. The summed E-state index contributed by atoms with van der Waals surface area (Å²) in [5.74, 6) is 1.34. The lowest BCUT2D eigenvalue weighted by Gasteiger charge is -2.42. The molecule has 110 valence electrons. The number of amides is 1. The minimum Gasteiger partial charge on any atom is -0.472 e. The third kappa shape index (κ3) is 1.81. The van der Waals surface area contributed by atoms with Crippen molar-refractivity contribution in [3.8, 4) is 0 Å². The van der Waals surface area contributed by atoms with Gasteiger partial charge in [0.1, 0.15) is 18.4 Å². The number of aromatic nitrogens is 3. The molecule has 0 radical (unpaired) electrons. The topological polar surface area (TPSA) is 64.2 Å². The van der Waals surface area contributed by atoms with E-state index in [1.165, 1.54) is 25.5 Å². The smallest absolute Gasteiger partial charge is 0.257 e. The molecule has 2 aromatic rings. The maximum Gasteiger partial charge on any atom is 0.257 e. The summed E-state index contributed by atoms with van der Waals surface area (Å²) in [6.07, 6.45) is 8.37. The van der Waals surface area contributed by atoms with E-state index in [4.69, 9.17) is 4.42 Å². The maximum absolute atomic E-state index is 12.6. The van der Waals surface area contributed by atoms with Crippen LogP contribution in [0, 0.1) is 5.41 Å². The quantitative estimate of drug-likeness (QED) is 0.844. The second kappa shape index (κ2) is 4.44. The van der Waals surface area contributed by atoms with Gasteiger partial charge >= 0.3 is 0 Å². The first-order chi connectivity index (χ1) is 10.2. The van der Waals surface area contributed by atoms with Crippen LogP contribution in [-0.4, -0.2) is 38.7 Å². The molecule has 1 spiro atoms. The fourth-order valence-corrected chi connectivity index (χ4v) is 3.79. The predicted molar refractivity (Wildman–Crippen MR) is 74.6 cm³/mol. The summed E-state index contributed by atoms with van der Waals surface area (Å²) in [6, 6.07) is 1.73. The third-order valence-corrected chi connectivity index (χ3v) is 5.11. The molecule has 1 atom stereocenters. The van der Waals surface area contributed by atoms with Crippen molar-refractivity contribution >= 4 is 5.91 Å². The highest BCUT2D eigenvalue weighted by molar-refractivity contribution is 5.94. The number of carbonyl (C=O) groups is 1. The van der Waals surface area contributed by atoms with Gasteiger partial charge in [0.05, 0.1) is 11.8 Å². The zero-order chi connectivity index (χ0) is 14.4. The monoisotopic (exact) mass is 286 g/mol. The van der Waals surface area contributed by atoms with Crippen LogP contribution in [0.25, 0.3) is 0 Å². The van der Waals surface area contributed by atoms with E-state index in [0.29, 0.717) is 5.56 Å². The maximum atomic E-state index is 12.6. The SMILES string of the molecule is Cn1cnnc1C1CN(C(=O)c2ccoc2)CC12CCC2. The molecule has 0 bridgehead atoms. The normalized spacial score (nSPS) is 23.5. The second-order valence-electron chi connectivity index (χ2n) is 6.27. The van der Waals surface area contributed by atoms with Crippen LogP contribution in [0.5, 0.6) is 0 Å². The van der Waals surface area contributed by atoms with Gasteiger partial charge in [-0.05, 0) is 24.3 Å². The molecule has 2 aliphatic rings. The zero-order valence-corrected chi connectivity index (χ0v) is 12.0. The Morgan fingerprint density at radius 1 is 1.48 bits per heavy atom. The van der Waals surface area contributed by atoms with Crippen LogP contribution in [-0.2, 0) is 7.05 Å². The van der Waals surface area contributed by atoms with E-state index < -0.39 is 0 Å². The molecule has 0 aromatic carbocycles. The lowest BCUT2D eigenvalue weighted by Crippen LogP contribution is -2.38. The average Bonchev–Trinajstić information content (AvgIpc) is 3.15. The van der Waals surface area contributed by atoms with Crippen LogP contribution in [0.3, 0.4) is 0 Å². The first kappa shape index (κ1) is 12.6. The van der Waals surface area contributed by atoms with Crippen LogP contribution in [0.1, 0.15) is 41.4 Å². The molecule has 2 aromatic heterocycles. The van der Waals surface area contributed by atoms with Crippen molar-refractivity contribution in [1.82, 2.24) is 19.7 Å². The van der Waals surface area contributed by atoms with Gasteiger partial charge in [-0.25, -0.2) is 0 Å². The Hall–Kier alpha value is -2.11. The Morgan fingerprint density at radius 3 is 2.90 bits per heavy atom. The fraction of sp³-hybridized carbons (Fsp3) is 0.533. The van der Waals surface area contributed by atoms with Gasteiger partial charge in [0.15, 0.2) is 0 Å². The molecule has 2 fully saturated rings. The Labute approximate surface area is 122 Å². The summed E-state index contributed by atoms with van der Waals surface area (Å²) in [5.41, 5.74) is 0.822. The molecule has 1 amide bonds. The number of hydrogen-bond donors (Lipinski definition) is 0. The van der Waals surface area contributed by atoms with E-state index in [-0.39, 0.29) is 17.2 Å². The van der Waals surface area contributed by atoms with E-state index in [0.717, 1.165) is 18.9 Å². The van der Waals surface area contributed by atoms with E-state index in [9.17, 15) is 4.79 Å². The van der Waals surface area contributed by atoms with Crippen LogP contribution < -0.4 is 0 Å². The lowest BCUT2D eigenvalue weighted by molar-refractivity contribution is 0.0723. The summed E-state index contributed by atoms with van der Waals surface area (Å²) in [4.78, 5) is 14.5. The molecule has 1 aliphatic carbocycles. The molecule has 0 N–H and O–H groups in total. The largest absolute Gasteiger partial charge is 0.472 e. The van der Waals surface area contributed by atoms with Crippen molar-refractivity contribution in [3.63, 3.8) is 0 Å². The van der Waals surface area contributed by atoms with Gasteiger partial charge in [-0.15, -0.1) is 10.2 Å². The third-order valence-electron chi connectivity index (χ3n) is 5.11. The van der Waals surface area contributed by atoms with Crippen LogP contribution in [0.15, 0.2) is 29.3 Å². The molecular weight excluding hydrogens is 268 g/mol.